The van der Waals surface area contributed by atoms with Gasteiger partial charge in [0.2, 0.25) is 5.91 Å². The number of amides is 1. The molecule has 0 aliphatic rings. The standard InChI is InChI=1S/C29H32ClN3O4/c1-36-26-13-10-22(18-27(26)37-2)14-15-32-29(35)25(17-20-6-4-3-5-7-20)33-28(31)19-24(34)16-21-8-11-23(30)12-9-21/h3-13,18,25H,14-17,19H2,1-2H3,(H2,31,33)(H,32,35)/t25-/m1/s1. The number of ether oxygens (including phenoxy) is 2. The van der Waals surface area contributed by atoms with Crippen molar-refractivity contribution in [2.45, 2.75) is 31.7 Å². The van der Waals surface area contributed by atoms with Crippen LogP contribution >= 0.6 is 11.6 Å². The predicted molar refractivity (Wildman–Crippen MR) is 147 cm³/mol. The highest BCUT2D eigenvalue weighted by Crippen LogP contribution is 2.27. The maximum atomic E-state index is 13.1. The molecular weight excluding hydrogens is 490 g/mol. The molecule has 3 rings (SSSR count). The molecular formula is C29H32ClN3O4. The topological polar surface area (TPSA) is 103 Å². The van der Waals surface area contributed by atoms with Gasteiger partial charge in [-0.3, -0.25) is 14.6 Å². The van der Waals surface area contributed by atoms with Gasteiger partial charge in [-0.2, -0.15) is 0 Å². The number of rotatable bonds is 13. The van der Waals surface area contributed by atoms with Crippen LogP contribution in [0.5, 0.6) is 11.5 Å². The van der Waals surface area contributed by atoms with Gasteiger partial charge in [-0.05, 0) is 47.4 Å². The maximum Gasteiger partial charge on any atom is 0.245 e. The third-order valence-corrected chi connectivity index (χ3v) is 6.00. The Kier molecular flexibility index (Phi) is 10.5. The first-order chi connectivity index (χ1) is 17.9. The number of methoxy groups -OCH3 is 2. The minimum Gasteiger partial charge on any atom is -0.493 e. The van der Waals surface area contributed by atoms with Crippen molar-refractivity contribution in [1.82, 2.24) is 5.32 Å². The summed E-state index contributed by atoms with van der Waals surface area (Å²) in [5.41, 5.74) is 8.91. The minimum atomic E-state index is -0.754. The number of ketones is 1. The van der Waals surface area contributed by atoms with Gasteiger partial charge >= 0.3 is 0 Å². The van der Waals surface area contributed by atoms with Gasteiger partial charge in [0.05, 0.1) is 20.6 Å². The molecule has 37 heavy (non-hydrogen) atoms. The molecule has 1 atom stereocenters. The highest BCUT2D eigenvalue weighted by atomic mass is 35.5. The Morgan fingerprint density at radius 2 is 1.59 bits per heavy atom. The normalized spacial score (nSPS) is 12.0. The molecule has 0 spiro atoms. The SMILES string of the molecule is COc1ccc(CCNC(=O)[C@@H](Cc2ccccc2)N=C(N)CC(=O)Cc2ccc(Cl)cc2)cc1OC. The summed E-state index contributed by atoms with van der Waals surface area (Å²) >= 11 is 5.91. The number of benzene rings is 3. The van der Waals surface area contributed by atoms with Crippen molar-refractivity contribution in [2.24, 2.45) is 10.7 Å². The van der Waals surface area contributed by atoms with Gasteiger partial charge in [-0.15, -0.1) is 0 Å². The maximum absolute atomic E-state index is 13.1. The van der Waals surface area contributed by atoms with Crippen LogP contribution in [-0.2, 0) is 28.9 Å². The van der Waals surface area contributed by atoms with Gasteiger partial charge < -0.3 is 20.5 Å². The average molecular weight is 522 g/mol. The molecule has 0 fully saturated rings. The number of nitrogens with two attached hydrogens (primary N) is 1. The van der Waals surface area contributed by atoms with E-state index in [1.165, 1.54) is 0 Å². The van der Waals surface area contributed by atoms with E-state index >= 15 is 0 Å². The van der Waals surface area contributed by atoms with E-state index < -0.39 is 6.04 Å². The van der Waals surface area contributed by atoms with Crippen molar-refractivity contribution < 1.29 is 19.1 Å². The van der Waals surface area contributed by atoms with Crippen molar-refractivity contribution in [3.63, 3.8) is 0 Å². The summed E-state index contributed by atoms with van der Waals surface area (Å²) in [5.74, 6) is 1.07. The number of Topliss-reactive ketones (excluding diaryl/α,β-unsaturated/α-hetero) is 1. The molecule has 1 amide bonds. The molecule has 3 N–H and O–H groups in total. The summed E-state index contributed by atoms with van der Waals surface area (Å²) in [5, 5.41) is 3.56. The van der Waals surface area contributed by atoms with Gasteiger partial charge in [-0.1, -0.05) is 60.1 Å². The second kappa shape index (κ2) is 14.0. The molecule has 0 heterocycles. The summed E-state index contributed by atoms with van der Waals surface area (Å²) in [6, 6.07) is 21.6. The molecule has 0 bridgehead atoms. The van der Waals surface area contributed by atoms with Crippen LogP contribution in [0, 0.1) is 0 Å². The van der Waals surface area contributed by atoms with Crippen LogP contribution in [0.25, 0.3) is 0 Å². The van der Waals surface area contributed by atoms with Crippen molar-refractivity contribution in [1.29, 1.82) is 0 Å². The second-order valence-electron chi connectivity index (χ2n) is 8.58. The monoisotopic (exact) mass is 521 g/mol. The summed E-state index contributed by atoms with van der Waals surface area (Å²) < 4.78 is 10.6. The number of hydrogen-bond donors (Lipinski definition) is 2. The molecule has 3 aromatic rings. The number of halogens is 1. The molecule has 0 saturated carbocycles. The largest absolute Gasteiger partial charge is 0.493 e. The molecule has 7 nitrogen and oxygen atoms in total. The Bertz CT molecular complexity index is 1210. The van der Waals surface area contributed by atoms with E-state index in [1.807, 2.05) is 48.5 Å². The number of carbonyl (C=O) groups excluding carboxylic acids is 2. The number of nitrogens with zero attached hydrogens (tertiary/aromatic N) is 1. The fourth-order valence-corrected chi connectivity index (χ4v) is 3.98. The lowest BCUT2D eigenvalue weighted by molar-refractivity contribution is -0.122. The molecule has 3 aromatic carbocycles. The molecule has 0 radical (unpaired) electrons. The van der Waals surface area contributed by atoms with Crippen LogP contribution < -0.4 is 20.5 Å². The molecule has 0 aliphatic carbocycles. The second-order valence-corrected chi connectivity index (χ2v) is 9.01. The summed E-state index contributed by atoms with van der Waals surface area (Å²) in [4.78, 5) is 30.1. The third-order valence-electron chi connectivity index (χ3n) is 5.75. The quantitative estimate of drug-likeness (QED) is 0.259. The molecule has 0 aromatic heterocycles. The fourth-order valence-electron chi connectivity index (χ4n) is 3.86. The number of nitrogens with one attached hydrogen (secondary N) is 1. The lowest BCUT2D eigenvalue weighted by Crippen LogP contribution is -2.37. The molecule has 0 aliphatic heterocycles. The average Bonchev–Trinajstić information content (AvgIpc) is 2.90. The molecule has 0 saturated heterocycles. The number of hydrogen-bond acceptors (Lipinski definition) is 5. The van der Waals surface area contributed by atoms with Gasteiger partial charge in [0, 0.05) is 24.4 Å². The Labute approximate surface area is 222 Å². The molecule has 194 valence electrons. The number of carbonyl (C=O) groups is 2. The van der Waals surface area contributed by atoms with E-state index in [-0.39, 0.29) is 30.4 Å². The summed E-state index contributed by atoms with van der Waals surface area (Å²) in [6.45, 7) is 0.407. The number of amidine groups is 1. The van der Waals surface area contributed by atoms with E-state index in [0.29, 0.717) is 35.9 Å². The Balaban J connectivity index is 1.64. The van der Waals surface area contributed by atoms with Crippen LogP contribution in [0.3, 0.4) is 0 Å². The summed E-state index contributed by atoms with van der Waals surface area (Å²) in [6.07, 6.45) is 1.15. The first-order valence-electron chi connectivity index (χ1n) is 12.0. The highest BCUT2D eigenvalue weighted by Gasteiger charge is 2.19. The Hall–Kier alpha value is -3.84. The van der Waals surface area contributed by atoms with Crippen molar-refractivity contribution >= 4 is 29.1 Å². The van der Waals surface area contributed by atoms with Crippen LogP contribution in [0.2, 0.25) is 5.02 Å². The Morgan fingerprint density at radius 1 is 0.919 bits per heavy atom. The van der Waals surface area contributed by atoms with Gasteiger partial charge in [0.25, 0.3) is 0 Å². The smallest absolute Gasteiger partial charge is 0.245 e. The molecule has 8 heteroatoms. The van der Waals surface area contributed by atoms with Crippen molar-refractivity contribution in [3.05, 3.63) is 94.5 Å². The zero-order chi connectivity index (χ0) is 26.6. The van der Waals surface area contributed by atoms with Crippen LogP contribution in [0.4, 0.5) is 0 Å². The zero-order valence-corrected chi connectivity index (χ0v) is 21.8. The van der Waals surface area contributed by atoms with E-state index in [9.17, 15) is 9.59 Å². The van der Waals surface area contributed by atoms with Crippen molar-refractivity contribution in [2.75, 3.05) is 20.8 Å². The van der Waals surface area contributed by atoms with Crippen LogP contribution in [0.15, 0.2) is 77.8 Å². The third kappa shape index (κ3) is 8.95. The predicted octanol–water partition coefficient (Wildman–Crippen LogP) is 4.19. The van der Waals surface area contributed by atoms with E-state index in [0.717, 1.165) is 16.7 Å². The Morgan fingerprint density at radius 3 is 2.27 bits per heavy atom. The van der Waals surface area contributed by atoms with E-state index in [4.69, 9.17) is 26.8 Å². The van der Waals surface area contributed by atoms with Gasteiger partial charge in [0.1, 0.15) is 17.7 Å². The first kappa shape index (κ1) is 27.7. The van der Waals surface area contributed by atoms with E-state index in [1.54, 1.807) is 38.5 Å². The molecule has 0 unspecified atom stereocenters. The fraction of sp³-hybridized carbons (Fsp3) is 0.276. The lowest BCUT2D eigenvalue weighted by atomic mass is 10.0. The van der Waals surface area contributed by atoms with Gasteiger partial charge in [-0.25, -0.2) is 0 Å². The summed E-state index contributed by atoms with van der Waals surface area (Å²) in [7, 11) is 3.17. The van der Waals surface area contributed by atoms with Crippen LogP contribution in [0.1, 0.15) is 23.1 Å². The van der Waals surface area contributed by atoms with E-state index in [2.05, 4.69) is 10.3 Å². The van der Waals surface area contributed by atoms with Gasteiger partial charge in [0.15, 0.2) is 11.5 Å². The van der Waals surface area contributed by atoms with Crippen molar-refractivity contribution in [3.8, 4) is 11.5 Å². The lowest BCUT2D eigenvalue weighted by Gasteiger charge is -2.15. The minimum absolute atomic E-state index is 0.0349. The van der Waals surface area contributed by atoms with Crippen LogP contribution in [-0.4, -0.2) is 44.3 Å². The highest BCUT2D eigenvalue weighted by molar-refractivity contribution is 6.30. The number of aliphatic imine (C=N–C) groups is 1. The zero-order valence-electron chi connectivity index (χ0n) is 21.1. The first-order valence-corrected chi connectivity index (χ1v) is 12.4.